The lowest BCUT2D eigenvalue weighted by Gasteiger charge is -2.18. The highest BCUT2D eigenvalue weighted by atomic mass is 16.5. The molecular weight excluding hydrogens is 368 g/mol. The minimum absolute atomic E-state index is 0.0486. The number of hydrogen-bond acceptors (Lipinski definition) is 5. The molecule has 0 saturated heterocycles. The van der Waals surface area contributed by atoms with E-state index in [-0.39, 0.29) is 5.91 Å². The molecule has 0 fully saturated rings. The number of ether oxygens (including phenoxy) is 2. The van der Waals surface area contributed by atoms with Crippen molar-refractivity contribution in [1.82, 2.24) is 10.1 Å². The van der Waals surface area contributed by atoms with Crippen molar-refractivity contribution < 1.29 is 18.8 Å². The molecule has 0 unspecified atom stereocenters. The van der Waals surface area contributed by atoms with Gasteiger partial charge in [0, 0.05) is 19.2 Å². The molecule has 0 atom stereocenters. The van der Waals surface area contributed by atoms with E-state index in [0.717, 1.165) is 29.2 Å². The summed E-state index contributed by atoms with van der Waals surface area (Å²) in [5.74, 6) is 2.17. The van der Waals surface area contributed by atoms with Gasteiger partial charge in [-0.1, -0.05) is 29.4 Å². The molecule has 0 N–H and O–H groups in total. The maximum absolute atomic E-state index is 12.7. The van der Waals surface area contributed by atoms with E-state index in [4.69, 9.17) is 14.0 Å². The summed E-state index contributed by atoms with van der Waals surface area (Å²) < 4.78 is 16.7. The van der Waals surface area contributed by atoms with Gasteiger partial charge in [-0.3, -0.25) is 4.79 Å². The predicted molar refractivity (Wildman–Crippen MR) is 110 cm³/mol. The third-order valence-corrected chi connectivity index (χ3v) is 4.64. The molecule has 0 radical (unpaired) electrons. The van der Waals surface area contributed by atoms with Crippen molar-refractivity contribution in [3.63, 3.8) is 0 Å². The van der Waals surface area contributed by atoms with Crippen LogP contribution < -0.4 is 9.47 Å². The summed E-state index contributed by atoms with van der Waals surface area (Å²) in [7, 11) is 1.79. The zero-order chi connectivity index (χ0) is 20.6. The standard InChI is InChI=1S/C23H26N2O4/c1-17-22(18(2)29-24-17)16-28-21-12-7-9-19(15-21)23(26)25(3)13-8-14-27-20-10-5-4-6-11-20/h4-7,9-12,15H,8,13-14,16H2,1-3H3. The first-order valence-corrected chi connectivity index (χ1v) is 9.62. The van der Waals surface area contributed by atoms with Crippen LogP contribution in [0.25, 0.3) is 0 Å². The van der Waals surface area contributed by atoms with Crippen LogP contribution >= 0.6 is 0 Å². The molecule has 1 aromatic heterocycles. The van der Waals surface area contributed by atoms with Crippen LogP contribution in [0.2, 0.25) is 0 Å². The van der Waals surface area contributed by atoms with Crippen molar-refractivity contribution in [3.05, 3.63) is 77.2 Å². The highest BCUT2D eigenvalue weighted by molar-refractivity contribution is 5.94. The average molecular weight is 394 g/mol. The Morgan fingerprint density at radius 3 is 2.52 bits per heavy atom. The summed E-state index contributed by atoms with van der Waals surface area (Å²) in [5, 5.41) is 3.93. The van der Waals surface area contributed by atoms with Crippen molar-refractivity contribution in [2.45, 2.75) is 26.9 Å². The van der Waals surface area contributed by atoms with E-state index in [9.17, 15) is 4.79 Å². The Bertz CT molecular complexity index is 918. The first-order valence-electron chi connectivity index (χ1n) is 9.62. The van der Waals surface area contributed by atoms with Gasteiger partial charge in [-0.25, -0.2) is 0 Å². The number of rotatable bonds is 9. The lowest BCUT2D eigenvalue weighted by molar-refractivity contribution is 0.0787. The molecule has 152 valence electrons. The highest BCUT2D eigenvalue weighted by Gasteiger charge is 2.13. The monoisotopic (exact) mass is 394 g/mol. The van der Waals surface area contributed by atoms with Gasteiger partial charge in [0.1, 0.15) is 23.9 Å². The molecule has 6 nitrogen and oxygen atoms in total. The van der Waals surface area contributed by atoms with Crippen LogP contribution in [0.1, 0.15) is 33.8 Å². The fourth-order valence-electron chi connectivity index (χ4n) is 2.91. The molecule has 0 aliphatic rings. The first-order chi connectivity index (χ1) is 14.0. The third-order valence-electron chi connectivity index (χ3n) is 4.64. The Labute approximate surface area is 171 Å². The Hall–Kier alpha value is -3.28. The zero-order valence-electron chi connectivity index (χ0n) is 17.1. The van der Waals surface area contributed by atoms with Gasteiger partial charge in [0.15, 0.2) is 0 Å². The minimum Gasteiger partial charge on any atom is -0.494 e. The second-order valence-corrected chi connectivity index (χ2v) is 6.86. The average Bonchev–Trinajstić information content (AvgIpc) is 3.07. The fraction of sp³-hybridized carbons (Fsp3) is 0.304. The molecule has 1 amide bonds. The number of carbonyl (C=O) groups excluding carboxylic acids is 1. The molecule has 0 saturated carbocycles. The van der Waals surface area contributed by atoms with Gasteiger partial charge < -0.3 is 18.9 Å². The van der Waals surface area contributed by atoms with Gasteiger partial charge in [0.05, 0.1) is 17.9 Å². The van der Waals surface area contributed by atoms with E-state index in [2.05, 4.69) is 5.16 Å². The molecule has 0 bridgehead atoms. The fourth-order valence-corrected chi connectivity index (χ4v) is 2.91. The van der Waals surface area contributed by atoms with E-state index in [1.54, 1.807) is 24.1 Å². The molecule has 3 aromatic rings. The normalized spacial score (nSPS) is 10.6. The largest absolute Gasteiger partial charge is 0.494 e. The molecule has 0 spiro atoms. The van der Waals surface area contributed by atoms with Crippen LogP contribution in [-0.4, -0.2) is 36.2 Å². The van der Waals surface area contributed by atoms with Crippen molar-refractivity contribution in [3.8, 4) is 11.5 Å². The van der Waals surface area contributed by atoms with E-state index in [1.807, 2.05) is 56.3 Å². The summed E-state index contributed by atoms with van der Waals surface area (Å²) in [4.78, 5) is 14.4. The van der Waals surface area contributed by atoms with Gasteiger partial charge in [0.2, 0.25) is 0 Å². The Morgan fingerprint density at radius 1 is 1.03 bits per heavy atom. The second kappa shape index (κ2) is 9.78. The third kappa shape index (κ3) is 5.60. The van der Waals surface area contributed by atoms with E-state index >= 15 is 0 Å². The maximum atomic E-state index is 12.7. The quantitative estimate of drug-likeness (QED) is 0.503. The number of benzene rings is 2. The minimum atomic E-state index is -0.0486. The van der Waals surface area contributed by atoms with Crippen LogP contribution in [-0.2, 0) is 6.61 Å². The first kappa shape index (κ1) is 20.5. The summed E-state index contributed by atoms with van der Waals surface area (Å²) in [5.41, 5.74) is 2.33. The molecule has 0 aliphatic heterocycles. The molecule has 0 aliphatic carbocycles. The Balaban J connectivity index is 1.50. The van der Waals surface area contributed by atoms with Crippen molar-refractivity contribution in [1.29, 1.82) is 0 Å². The molecular formula is C23H26N2O4. The number of amides is 1. The summed E-state index contributed by atoms with van der Waals surface area (Å²) in [6.45, 7) is 5.25. The predicted octanol–water partition coefficient (Wildman–Crippen LogP) is 4.41. The van der Waals surface area contributed by atoms with Gasteiger partial charge in [0.25, 0.3) is 5.91 Å². The number of aryl methyl sites for hydroxylation is 2. The van der Waals surface area contributed by atoms with Gasteiger partial charge in [-0.2, -0.15) is 0 Å². The number of aromatic nitrogens is 1. The van der Waals surface area contributed by atoms with Crippen LogP contribution in [0.3, 0.4) is 0 Å². The van der Waals surface area contributed by atoms with Gasteiger partial charge in [-0.15, -0.1) is 0 Å². The summed E-state index contributed by atoms with van der Waals surface area (Å²) in [6.07, 6.45) is 0.749. The van der Waals surface area contributed by atoms with Crippen molar-refractivity contribution >= 4 is 5.91 Å². The smallest absolute Gasteiger partial charge is 0.253 e. The lowest BCUT2D eigenvalue weighted by atomic mass is 10.2. The highest BCUT2D eigenvalue weighted by Crippen LogP contribution is 2.19. The molecule has 6 heteroatoms. The zero-order valence-corrected chi connectivity index (χ0v) is 17.1. The SMILES string of the molecule is Cc1noc(C)c1COc1cccc(C(=O)N(C)CCCOc2ccccc2)c1. The second-order valence-electron chi connectivity index (χ2n) is 6.86. The van der Waals surface area contributed by atoms with Crippen LogP contribution in [0.4, 0.5) is 0 Å². The van der Waals surface area contributed by atoms with Crippen molar-refractivity contribution in [2.24, 2.45) is 0 Å². The van der Waals surface area contributed by atoms with E-state index in [0.29, 0.717) is 31.1 Å². The van der Waals surface area contributed by atoms with Crippen LogP contribution in [0, 0.1) is 13.8 Å². The number of para-hydroxylation sites is 1. The van der Waals surface area contributed by atoms with Crippen molar-refractivity contribution in [2.75, 3.05) is 20.2 Å². The number of hydrogen-bond donors (Lipinski definition) is 0. The van der Waals surface area contributed by atoms with E-state index in [1.165, 1.54) is 0 Å². The summed E-state index contributed by atoms with van der Waals surface area (Å²) in [6, 6.07) is 16.9. The molecule has 1 heterocycles. The lowest BCUT2D eigenvalue weighted by Crippen LogP contribution is -2.28. The van der Waals surface area contributed by atoms with Crippen LogP contribution in [0.15, 0.2) is 59.1 Å². The Kier molecular flexibility index (Phi) is 6.89. The maximum Gasteiger partial charge on any atom is 0.253 e. The number of nitrogens with zero attached hydrogens (tertiary/aromatic N) is 2. The molecule has 3 rings (SSSR count). The molecule has 2 aromatic carbocycles. The van der Waals surface area contributed by atoms with Gasteiger partial charge >= 0.3 is 0 Å². The topological polar surface area (TPSA) is 64.8 Å². The summed E-state index contributed by atoms with van der Waals surface area (Å²) >= 11 is 0. The van der Waals surface area contributed by atoms with Gasteiger partial charge in [-0.05, 0) is 50.6 Å². The molecule has 29 heavy (non-hydrogen) atoms. The van der Waals surface area contributed by atoms with E-state index < -0.39 is 0 Å². The Morgan fingerprint density at radius 2 is 1.79 bits per heavy atom. The van der Waals surface area contributed by atoms with Crippen LogP contribution in [0.5, 0.6) is 11.5 Å². The number of carbonyl (C=O) groups is 1.